The van der Waals surface area contributed by atoms with Crippen LogP contribution >= 0.6 is 0 Å². The summed E-state index contributed by atoms with van der Waals surface area (Å²) in [6.07, 6.45) is 1.25. The van der Waals surface area contributed by atoms with Crippen LogP contribution in [0.25, 0.3) is 0 Å². The summed E-state index contributed by atoms with van der Waals surface area (Å²) >= 11 is 0. The third-order valence-electron chi connectivity index (χ3n) is 2.75. The summed E-state index contributed by atoms with van der Waals surface area (Å²) in [6, 6.07) is 1.82. The van der Waals surface area contributed by atoms with Gasteiger partial charge in [-0.25, -0.2) is 0 Å². The highest BCUT2D eigenvalue weighted by Gasteiger charge is 2.25. The van der Waals surface area contributed by atoms with Crippen molar-refractivity contribution in [2.75, 3.05) is 0 Å². The minimum Gasteiger partial charge on any atom is -0.307 e. The van der Waals surface area contributed by atoms with Crippen LogP contribution in [0.3, 0.4) is 0 Å². The second kappa shape index (κ2) is 5.65. The van der Waals surface area contributed by atoms with Crippen molar-refractivity contribution in [3.05, 3.63) is 37.8 Å². The average Bonchev–Trinajstić information content (AvgIpc) is 2.29. The van der Waals surface area contributed by atoms with Crippen LogP contribution in [-0.4, -0.2) is 9.49 Å². The van der Waals surface area contributed by atoms with Gasteiger partial charge in [-0.05, 0) is 11.8 Å². The van der Waals surface area contributed by atoms with Gasteiger partial charge in [-0.3, -0.25) is 14.9 Å². The molecule has 19 heavy (non-hydrogen) atoms. The summed E-state index contributed by atoms with van der Waals surface area (Å²) in [4.78, 5) is 22.7. The molecule has 0 N–H and O–H groups in total. The van der Waals surface area contributed by atoms with Crippen molar-refractivity contribution in [1.29, 1.82) is 5.26 Å². The number of hydrogen-bond acceptors (Lipinski definition) is 4. The van der Waals surface area contributed by atoms with Gasteiger partial charge in [0.15, 0.2) is 0 Å². The van der Waals surface area contributed by atoms with E-state index in [9.17, 15) is 14.9 Å². The van der Waals surface area contributed by atoms with Gasteiger partial charge >= 0.3 is 0 Å². The predicted octanol–water partition coefficient (Wildman–Crippen LogP) is 2.41. The van der Waals surface area contributed by atoms with Crippen LogP contribution in [0, 0.1) is 27.4 Å². The van der Waals surface area contributed by atoms with Crippen molar-refractivity contribution < 1.29 is 4.92 Å². The highest BCUT2D eigenvalue weighted by atomic mass is 16.6. The van der Waals surface area contributed by atoms with Crippen LogP contribution in [0.2, 0.25) is 0 Å². The molecule has 6 nitrogen and oxygen atoms in total. The van der Waals surface area contributed by atoms with Gasteiger partial charge in [-0.1, -0.05) is 27.7 Å². The standard InChI is InChI=1S/C13H17N3O3/c1-8(2)6-15-7-11(16(18)19)12(9(3)4)10(5-14)13(15)17/h7-9H,6H2,1-4H3. The topological polar surface area (TPSA) is 88.9 Å². The maximum absolute atomic E-state index is 12.2. The lowest BCUT2D eigenvalue weighted by Crippen LogP contribution is -2.27. The van der Waals surface area contributed by atoms with Gasteiger partial charge < -0.3 is 4.57 Å². The van der Waals surface area contributed by atoms with Crippen LogP contribution in [0.15, 0.2) is 11.0 Å². The summed E-state index contributed by atoms with van der Waals surface area (Å²) < 4.78 is 1.26. The van der Waals surface area contributed by atoms with E-state index in [4.69, 9.17) is 5.26 Å². The van der Waals surface area contributed by atoms with E-state index in [0.717, 1.165) is 0 Å². The van der Waals surface area contributed by atoms with E-state index in [1.165, 1.54) is 10.8 Å². The van der Waals surface area contributed by atoms with E-state index < -0.39 is 10.5 Å². The Morgan fingerprint density at radius 3 is 2.37 bits per heavy atom. The quantitative estimate of drug-likeness (QED) is 0.616. The molecule has 0 aliphatic rings. The first-order valence-electron chi connectivity index (χ1n) is 6.11. The van der Waals surface area contributed by atoms with E-state index in [0.29, 0.717) is 6.54 Å². The molecule has 0 unspecified atom stereocenters. The van der Waals surface area contributed by atoms with E-state index in [-0.39, 0.29) is 28.7 Å². The maximum Gasteiger partial charge on any atom is 0.290 e. The molecule has 102 valence electrons. The SMILES string of the molecule is CC(C)Cn1cc([N+](=O)[O-])c(C(C)C)c(C#N)c1=O. The smallest absolute Gasteiger partial charge is 0.290 e. The molecule has 1 aromatic rings. The first kappa shape index (κ1) is 14.9. The lowest BCUT2D eigenvalue weighted by Gasteiger charge is -2.13. The van der Waals surface area contributed by atoms with Gasteiger partial charge in [0.05, 0.1) is 16.7 Å². The number of hydrogen-bond donors (Lipinski definition) is 0. The largest absolute Gasteiger partial charge is 0.307 e. The molecular weight excluding hydrogens is 246 g/mol. The van der Waals surface area contributed by atoms with Crippen molar-refractivity contribution in [3.63, 3.8) is 0 Å². The first-order chi connectivity index (χ1) is 8.79. The van der Waals surface area contributed by atoms with Gasteiger partial charge in [0.25, 0.3) is 11.2 Å². The molecule has 0 radical (unpaired) electrons. The predicted molar refractivity (Wildman–Crippen MR) is 71.0 cm³/mol. The fraction of sp³-hybridized carbons (Fsp3) is 0.538. The molecule has 0 fully saturated rings. The Balaban J connectivity index is 3.68. The summed E-state index contributed by atoms with van der Waals surface area (Å²) in [6.45, 7) is 7.62. The van der Waals surface area contributed by atoms with Crippen molar-refractivity contribution in [1.82, 2.24) is 4.57 Å². The fourth-order valence-corrected chi connectivity index (χ4v) is 2.03. The zero-order chi connectivity index (χ0) is 14.7. The third kappa shape index (κ3) is 2.99. The second-order valence-corrected chi connectivity index (χ2v) is 5.18. The second-order valence-electron chi connectivity index (χ2n) is 5.18. The van der Waals surface area contributed by atoms with Gasteiger partial charge in [0, 0.05) is 6.54 Å². The molecule has 0 amide bonds. The summed E-state index contributed by atoms with van der Waals surface area (Å²) in [5.41, 5.74) is -0.514. The molecule has 1 heterocycles. The molecule has 0 aromatic carbocycles. The van der Waals surface area contributed by atoms with Crippen molar-refractivity contribution >= 4 is 5.69 Å². The van der Waals surface area contributed by atoms with Crippen LogP contribution in [0.5, 0.6) is 0 Å². The highest BCUT2D eigenvalue weighted by molar-refractivity contribution is 5.50. The number of nitriles is 1. The third-order valence-corrected chi connectivity index (χ3v) is 2.75. The Kier molecular flexibility index (Phi) is 4.43. The van der Waals surface area contributed by atoms with Crippen LogP contribution in [-0.2, 0) is 6.54 Å². The van der Waals surface area contributed by atoms with Gasteiger partial charge in [0.2, 0.25) is 0 Å². The van der Waals surface area contributed by atoms with Gasteiger partial charge in [-0.15, -0.1) is 0 Å². The Bertz CT molecular complexity index is 594. The van der Waals surface area contributed by atoms with Crippen LogP contribution < -0.4 is 5.56 Å². The Hall–Kier alpha value is -2.16. The minimum absolute atomic E-state index is 0.121. The molecule has 0 bridgehead atoms. The Morgan fingerprint density at radius 1 is 1.42 bits per heavy atom. The maximum atomic E-state index is 12.2. The zero-order valence-corrected chi connectivity index (χ0v) is 11.5. The van der Waals surface area contributed by atoms with E-state index >= 15 is 0 Å². The van der Waals surface area contributed by atoms with Crippen LogP contribution in [0.1, 0.15) is 44.7 Å². The lowest BCUT2D eigenvalue weighted by molar-refractivity contribution is -0.386. The molecule has 0 aliphatic carbocycles. The zero-order valence-electron chi connectivity index (χ0n) is 11.5. The molecule has 6 heteroatoms. The molecule has 1 rings (SSSR count). The molecule has 0 atom stereocenters. The molecule has 1 aromatic heterocycles. The number of aromatic nitrogens is 1. The molecule has 0 spiro atoms. The first-order valence-corrected chi connectivity index (χ1v) is 6.11. The number of nitrogens with zero attached hydrogens (tertiary/aromatic N) is 3. The normalized spacial score (nSPS) is 10.8. The molecule has 0 saturated heterocycles. The van der Waals surface area contributed by atoms with Crippen molar-refractivity contribution in [3.8, 4) is 6.07 Å². The molecule has 0 aliphatic heterocycles. The number of rotatable bonds is 4. The Labute approximate surface area is 111 Å². The summed E-state index contributed by atoms with van der Waals surface area (Å²) in [7, 11) is 0. The molecule has 0 saturated carbocycles. The van der Waals surface area contributed by atoms with Crippen molar-refractivity contribution in [2.45, 2.75) is 40.2 Å². The summed E-state index contributed by atoms with van der Waals surface area (Å²) in [5, 5.41) is 20.3. The highest BCUT2D eigenvalue weighted by Crippen LogP contribution is 2.27. The van der Waals surface area contributed by atoms with Gasteiger partial charge in [-0.2, -0.15) is 5.26 Å². The average molecular weight is 263 g/mol. The lowest BCUT2D eigenvalue weighted by atomic mass is 9.97. The van der Waals surface area contributed by atoms with E-state index in [1.807, 2.05) is 19.9 Å². The van der Waals surface area contributed by atoms with Crippen LogP contribution in [0.4, 0.5) is 5.69 Å². The van der Waals surface area contributed by atoms with E-state index in [2.05, 4.69) is 0 Å². The molecular formula is C13H17N3O3. The van der Waals surface area contributed by atoms with E-state index in [1.54, 1.807) is 13.8 Å². The number of pyridine rings is 1. The summed E-state index contributed by atoms with van der Waals surface area (Å²) in [5.74, 6) is -0.0924. The number of nitro groups is 1. The monoisotopic (exact) mass is 263 g/mol. The Morgan fingerprint density at radius 2 is 2.00 bits per heavy atom. The van der Waals surface area contributed by atoms with Crippen molar-refractivity contribution in [2.24, 2.45) is 5.92 Å². The van der Waals surface area contributed by atoms with Gasteiger partial charge in [0.1, 0.15) is 11.6 Å². The minimum atomic E-state index is -0.535. The fourth-order valence-electron chi connectivity index (χ4n) is 2.03.